The van der Waals surface area contributed by atoms with Gasteiger partial charge >= 0.3 is 17.9 Å². The Hall–Kier alpha value is -3.41. The Kier molecular flexibility index (Phi) is 59.3. The van der Waals surface area contributed by atoms with Crippen LogP contribution in [-0.4, -0.2) is 37.2 Å². The summed E-state index contributed by atoms with van der Waals surface area (Å²) in [6.07, 6.45) is 81.5. The van der Waals surface area contributed by atoms with Gasteiger partial charge in [0.15, 0.2) is 6.10 Å². The molecule has 0 aromatic heterocycles. The molecule has 0 radical (unpaired) electrons. The maximum atomic E-state index is 12.9. The van der Waals surface area contributed by atoms with Gasteiger partial charge in [0.05, 0.1) is 0 Å². The largest absolute Gasteiger partial charge is 0.462 e. The molecule has 0 aliphatic carbocycles. The summed E-state index contributed by atoms with van der Waals surface area (Å²) in [6, 6.07) is 0. The topological polar surface area (TPSA) is 78.9 Å². The van der Waals surface area contributed by atoms with Crippen molar-refractivity contribution in [2.24, 2.45) is 0 Å². The summed E-state index contributed by atoms with van der Waals surface area (Å²) in [5.74, 6) is -0.918. The molecule has 0 heterocycles. The van der Waals surface area contributed by atoms with Crippen molar-refractivity contribution >= 4 is 17.9 Å². The summed E-state index contributed by atoms with van der Waals surface area (Å²) in [7, 11) is 0. The first kappa shape index (κ1) is 70.6. The molecule has 0 aromatic rings. The van der Waals surface area contributed by atoms with Crippen LogP contribution in [0.3, 0.4) is 0 Å². The Balaban J connectivity index is 4.42. The minimum atomic E-state index is -0.798. The predicted octanol–water partition coefficient (Wildman–Crippen LogP) is 21.5. The van der Waals surface area contributed by atoms with E-state index in [1.54, 1.807) is 0 Å². The quantitative estimate of drug-likeness (QED) is 0.0261. The van der Waals surface area contributed by atoms with Crippen LogP contribution in [0.15, 0.2) is 85.1 Å². The average molecular weight is 1030 g/mol. The lowest BCUT2D eigenvalue weighted by Gasteiger charge is -2.18. The third-order valence-electron chi connectivity index (χ3n) is 13.6. The molecule has 0 amide bonds. The van der Waals surface area contributed by atoms with Crippen LogP contribution in [0.1, 0.15) is 310 Å². The Morgan fingerprint density at radius 1 is 0.284 bits per heavy atom. The van der Waals surface area contributed by atoms with Crippen molar-refractivity contribution in [1.29, 1.82) is 0 Å². The zero-order valence-electron chi connectivity index (χ0n) is 48.8. The number of ether oxygens (including phenoxy) is 3. The highest BCUT2D eigenvalue weighted by molar-refractivity contribution is 5.71. The highest BCUT2D eigenvalue weighted by atomic mass is 16.6. The molecular weight excluding hydrogens is 913 g/mol. The first-order valence-electron chi connectivity index (χ1n) is 31.6. The SMILES string of the molecule is CC/C=C\C/C=C\C/C=C\C/C=C\C/C=C\CCCCCC(=O)OC(COC(=O)CCCCCCCCC/C=C\C/C=C\CCCCC)COC(=O)CCCCCCCCCCCCCCCCCCCCCC. The van der Waals surface area contributed by atoms with Gasteiger partial charge in [-0.3, -0.25) is 14.4 Å². The molecule has 0 aliphatic rings. The van der Waals surface area contributed by atoms with Gasteiger partial charge in [0.25, 0.3) is 0 Å². The molecule has 6 nitrogen and oxygen atoms in total. The van der Waals surface area contributed by atoms with E-state index < -0.39 is 6.10 Å². The monoisotopic (exact) mass is 1030 g/mol. The van der Waals surface area contributed by atoms with Gasteiger partial charge in [-0.25, -0.2) is 0 Å². The van der Waals surface area contributed by atoms with Crippen molar-refractivity contribution in [1.82, 2.24) is 0 Å². The van der Waals surface area contributed by atoms with Gasteiger partial charge < -0.3 is 14.2 Å². The van der Waals surface area contributed by atoms with E-state index in [4.69, 9.17) is 14.2 Å². The number of hydrogen-bond acceptors (Lipinski definition) is 6. The molecule has 0 aromatic carbocycles. The second-order valence-corrected chi connectivity index (χ2v) is 20.9. The Morgan fingerprint density at radius 2 is 0.527 bits per heavy atom. The molecule has 0 saturated heterocycles. The van der Waals surface area contributed by atoms with Crippen LogP contribution in [0.5, 0.6) is 0 Å². The minimum Gasteiger partial charge on any atom is -0.462 e. The normalized spacial score (nSPS) is 12.6. The van der Waals surface area contributed by atoms with Crippen LogP contribution in [0.25, 0.3) is 0 Å². The first-order chi connectivity index (χ1) is 36.5. The van der Waals surface area contributed by atoms with E-state index in [-0.39, 0.29) is 37.5 Å². The second kappa shape index (κ2) is 62.1. The molecule has 0 aliphatic heterocycles. The van der Waals surface area contributed by atoms with Gasteiger partial charge in [-0.1, -0.05) is 279 Å². The zero-order chi connectivity index (χ0) is 53.6. The predicted molar refractivity (Wildman–Crippen MR) is 321 cm³/mol. The summed E-state index contributed by atoms with van der Waals surface area (Å²) in [4.78, 5) is 38.3. The molecular formula is C68H118O6. The molecule has 0 N–H and O–H groups in total. The average Bonchev–Trinajstić information content (AvgIpc) is 3.40. The van der Waals surface area contributed by atoms with E-state index in [1.165, 1.54) is 161 Å². The molecule has 426 valence electrons. The molecule has 0 saturated carbocycles. The van der Waals surface area contributed by atoms with Gasteiger partial charge in [-0.05, 0) is 96.3 Å². The van der Waals surface area contributed by atoms with E-state index in [0.717, 1.165) is 109 Å². The lowest BCUT2D eigenvalue weighted by molar-refractivity contribution is -0.167. The van der Waals surface area contributed by atoms with Gasteiger partial charge in [0.1, 0.15) is 13.2 Å². The van der Waals surface area contributed by atoms with Crippen LogP contribution in [0.2, 0.25) is 0 Å². The standard InChI is InChI=1S/C68H118O6/c1-4-7-10-13-16-19-22-25-28-31-33-35-37-40-43-46-49-52-55-58-61-67(70)73-64-65(63-72-66(69)60-57-54-51-48-45-42-39-36-30-27-24-21-18-15-12-9-6-3)74-68(71)62-59-56-53-50-47-44-41-38-34-32-29-26-23-20-17-14-11-8-5-2/h8,11,17-18,20-21,26-27,29-30,34,38,44,47,65H,4-7,9-10,12-16,19,22-25,28,31-33,35-37,39-43,45-46,48-64H2,1-3H3/b11-8-,20-17-,21-18-,29-26-,30-27-,38-34-,47-44-. The number of rotatable bonds is 57. The molecule has 0 fully saturated rings. The van der Waals surface area contributed by atoms with Gasteiger partial charge in [0.2, 0.25) is 0 Å². The molecule has 0 spiro atoms. The van der Waals surface area contributed by atoms with Gasteiger partial charge in [-0.2, -0.15) is 0 Å². The Morgan fingerprint density at radius 3 is 0.865 bits per heavy atom. The van der Waals surface area contributed by atoms with E-state index >= 15 is 0 Å². The highest BCUT2D eigenvalue weighted by Crippen LogP contribution is 2.17. The lowest BCUT2D eigenvalue weighted by atomic mass is 10.0. The van der Waals surface area contributed by atoms with Crippen molar-refractivity contribution in [3.8, 4) is 0 Å². The molecule has 1 atom stereocenters. The third-order valence-corrected chi connectivity index (χ3v) is 13.6. The van der Waals surface area contributed by atoms with Crippen molar-refractivity contribution < 1.29 is 28.6 Å². The molecule has 0 rings (SSSR count). The number of carbonyl (C=O) groups excluding carboxylic acids is 3. The summed E-state index contributed by atoms with van der Waals surface area (Å²) in [6.45, 7) is 6.51. The van der Waals surface area contributed by atoms with E-state index in [1.807, 2.05) is 0 Å². The minimum absolute atomic E-state index is 0.0902. The summed E-state index contributed by atoms with van der Waals surface area (Å²) in [5, 5.41) is 0. The lowest BCUT2D eigenvalue weighted by Crippen LogP contribution is -2.30. The highest BCUT2D eigenvalue weighted by Gasteiger charge is 2.19. The fourth-order valence-electron chi connectivity index (χ4n) is 8.91. The number of allylic oxidation sites excluding steroid dienone is 14. The van der Waals surface area contributed by atoms with Crippen LogP contribution in [0.4, 0.5) is 0 Å². The van der Waals surface area contributed by atoms with Crippen molar-refractivity contribution in [3.05, 3.63) is 85.1 Å². The Bertz CT molecular complexity index is 1420. The number of carbonyl (C=O) groups is 3. The maximum absolute atomic E-state index is 12.9. The van der Waals surface area contributed by atoms with Gasteiger partial charge in [-0.15, -0.1) is 0 Å². The van der Waals surface area contributed by atoms with Crippen molar-refractivity contribution in [3.63, 3.8) is 0 Å². The van der Waals surface area contributed by atoms with Gasteiger partial charge in [0, 0.05) is 19.3 Å². The molecule has 0 bridgehead atoms. The second-order valence-electron chi connectivity index (χ2n) is 20.9. The van der Waals surface area contributed by atoms with Crippen molar-refractivity contribution in [2.75, 3.05) is 13.2 Å². The maximum Gasteiger partial charge on any atom is 0.306 e. The molecule has 1 unspecified atom stereocenters. The van der Waals surface area contributed by atoms with E-state index in [0.29, 0.717) is 12.8 Å². The molecule has 6 heteroatoms. The third kappa shape index (κ3) is 59.5. The summed E-state index contributed by atoms with van der Waals surface area (Å²) >= 11 is 0. The number of unbranched alkanes of at least 4 members (excludes halogenated alkanes) is 32. The van der Waals surface area contributed by atoms with Crippen LogP contribution in [-0.2, 0) is 28.6 Å². The summed E-state index contributed by atoms with van der Waals surface area (Å²) in [5.41, 5.74) is 0. The van der Waals surface area contributed by atoms with Crippen LogP contribution < -0.4 is 0 Å². The fourth-order valence-corrected chi connectivity index (χ4v) is 8.91. The fraction of sp³-hybridized carbons (Fsp3) is 0.750. The number of esters is 3. The number of hydrogen-bond donors (Lipinski definition) is 0. The smallest absolute Gasteiger partial charge is 0.306 e. The van der Waals surface area contributed by atoms with E-state index in [2.05, 4.69) is 106 Å². The summed E-state index contributed by atoms with van der Waals surface area (Å²) < 4.78 is 16.9. The zero-order valence-corrected chi connectivity index (χ0v) is 48.8. The first-order valence-corrected chi connectivity index (χ1v) is 31.6. The van der Waals surface area contributed by atoms with Crippen LogP contribution in [0, 0.1) is 0 Å². The van der Waals surface area contributed by atoms with Crippen LogP contribution >= 0.6 is 0 Å². The Labute approximate surface area is 458 Å². The molecule has 74 heavy (non-hydrogen) atoms. The van der Waals surface area contributed by atoms with Crippen molar-refractivity contribution in [2.45, 2.75) is 316 Å². The van der Waals surface area contributed by atoms with E-state index in [9.17, 15) is 14.4 Å².